The Labute approximate surface area is 97.2 Å². The Morgan fingerprint density at radius 3 is 2.81 bits per heavy atom. The highest BCUT2D eigenvalue weighted by Gasteiger charge is 2.16. The second kappa shape index (κ2) is 4.87. The highest BCUT2D eigenvalue weighted by molar-refractivity contribution is 5.28. The first kappa shape index (κ1) is 11.5. The van der Waals surface area contributed by atoms with Gasteiger partial charge in [0.05, 0.1) is 12.7 Å². The van der Waals surface area contributed by atoms with Gasteiger partial charge in [0.25, 0.3) is 0 Å². The zero-order chi connectivity index (χ0) is 11.5. The number of nitrogens with one attached hydrogen (secondary N) is 1. The first-order valence-electron chi connectivity index (χ1n) is 6.23. The van der Waals surface area contributed by atoms with Crippen molar-refractivity contribution in [3.05, 3.63) is 12.0 Å². The van der Waals surface area contributed by atoms with Crippen LogP contribution in [-0.4, -0.2) is 15.6 Å². The minimum absolute atomic E-state index is 0.378. The number of hydrogen-bond acceptors (Lipinski definition) is 3. The van der Waals surface area contributed by atoms with Crippen molar-refractivity contribution in [2.24, 2.45) is 0 Å². The molecule has 1 heterocycles. The third kappa shape index (κ3) is 2.38. The third-order valence-corrected chi connectivity index (χ3v) is 3.32. The van der Waals surface area contributed by atoms with Crippen LogP contribution in [0, 0.1) is 0 Å². The lowest BCUT2D eigenvalue weighted by molar-refractivity contribution is 0.487. The summed E-state index contributed by atoms with van der Waals surface area (Å²) in [5.74, 6) is 1.82. The van der Waals surface area contributed by atoms with Gasteiger partial charge >= 0.3 is 0 Å². The molecule has 0 aromatic carbocycles. The topological polar surface area (TPSA) is 55.9 Å². The molecule has 4 nitrogen and oxygen atoms in total. The highest BCUT2D eigenvalue weighted by atomic mass is 15.2. The quantitative estimate of drug-likeness (QED) is 0.820. The van der Waals surface area contributed by atoms with Gasteiger partial charge in [-0.05, 0) is 26.7 Å². The molecule has 3 N–H and O–H groups in total. The predicted octanol–water partition coefficient (Wildman–Crippen LogP) is 2.08. The standard InChI is InChI=1S/C12H22N4/c1-9(2)16-11(13)7-15-12(16)8-14-10-5-3-4-6-10/h7,9-10,14H,3-6,8,13H2,1-2H3. The van der Waals surface area contributed by atoms with Crippen LogP contribution < -0.4 is 11.1 Å². The van der Waals surface area contributed by atoms with E-state index in [1.807, 2.05) is 0 Å². The van der Waals surface area contributed by atoms with E-state index in [0.717, 1.165) is 18.2 Å². The largest absolute Gasteiger partial charge is 0.384 e. The fraction of sp³-hybridized carbons (Fsp3) is 0.750. The van der Waals surface area contributed by atoms with E-state index in [1.54, 1.807) is 6.20 Å². The van der Waals surface area contributed by atoms with Gasteiger partial charge in [-0.3, -0.25) is 0 Å². The molecule has 1 aliphatic rings. The third-order valence-electron chi connectivity index (χ3n) is 3.32. The normalized spacial score (nSPS) is 17.4. The fourth-order valence-corrected chi connectivity index (χ4v) is 2.51. The van der Waals surface area contributed by atoms with Gasteiger partial charge in [0.15, 0.2) is 0 Å². The smallest absolute Gasteiger partial charge is 0.124 e. The summed E-state index contributed by atoms with van der Waals surface area (Å²) in [5, 5.41) is 3.57. The minimum atomic E-state index is 0.378. The number of nitrogens with zero attached hydrogens (tertiary/aromatic N) is 2. The molecule has 0 amide bonds. The minimum Gasteiger partial charge on any atom is -0.384 e. The molecule has 90 valence electrons. The molecular weight excluding hydrogens is 200 g/mol. The van der Waals surface area contributed by atoms with Crippen LogP contribution in [0.5, 0.6) is 0 Å². The number of anilines is 1. The molecular formula is C12H22N4. The van der Waals surface area contributed by atoms with Gasteiger partial charge < -0.3 is 15.6 Å². The molecule has 1 aromatic heterocycles. The Bertz CT molecular complexity index is 337. The molecule has 0 spiro atoms. The molecule has 2 rings (SSSR count). The van der Waals surface area contributed by atoms with Crippen LogP contribution >= 0.6 is 0 Å². The summed E-state index contributed by atoms with van der Waals surface area (Å²) in [6.45, 7) is 5.11. The van der Waals surface area contributed by atoms with Crippen LogP contribution in [-0.2, 0) is 6.54 Å². The van der Waals surface area contributed by atoms with Crippen LogP contribution in [0.25, 0.3) is 0 Å². The van der Waals surface area contributed by atoms with Crippen molar-refractivity contribution >= 4 is 5.82 Å². The van der Waals surface area contributed by atoms with Crippen LogP contribution in [0.2, 0.25) is 0 Å². The predicted molar refractivity (Wildman–Crippen MR) is 66.1 cm³/mol. The number of hydrogen-bond donors (Lipinski definition) is 2. The van der Waals surface area contributed by atoms with Gasteiger partial charge in [-0.25, -0.2) is 4.98 Å². The average molecular weight is 222 g/mol. The Morgan fingerprint density at radius 2 is 2.19 bits per heavy atom. The first-order valence-corrected chi connectivity index (χ1v) is 6.23. The molecule has 0 aliphatic heterocycles. The zero-order valence-electron chi connectivity index (χ0n) is 10.2. The molecule has 1 aliphatic carbocycles. The summed E-state index contributed by atoms with van der Waals surface area (Å²) in [5.41, 5.74) is 5.90. The van der Waals surface area contributed by atoms with Crippen LogP contribution in [0.4, 0.5) is 5.82 Å². The summed E-state index contributed by atoms with van der Waals surface area (Å²) in [6.07, 6.45) is 7.08. The van der Waals surface area contributed by atoms with Crippen LogP contribution in [0.1, 0.15) is 51.4 Å². The molecule has 4 heteroatoms. The molecule has 1 saturated carbocycles. The number of nitrogens with two attached hydrogens (primary N) is 1. The van der Waals surface area contributed by atoms with E-state index < -0.39 is 0 Å². The lowest BCUT2D eigenvalue weighted by Crippen LogP contribution is -2.27. The van der Waals surface area contributed by atoms with Gasteiger partial charge in [-0.2, -0.15) is 0 Å². The highest BCUT2D eigenvalue weighted by Crippen LogP contribution is 2.19. The van der Waals surface area contributed by atoms with Crippen molar-refractivity contribution in [2.75, 3.05) is 5.73 Å². The average Bonchev–Trinajstić information content (AvgIpc) is 2.83. The lowest BCUT2D eigenvalue weighted by Gasteiger charge is -2.16. The second-order valence-electron chi connectivity index (χ2n) is 4.93. The maximum Gasteiger partial charge on any atom is 0.124 e. The second-order valence-corrected chi connectivity index (χ2v) is 4.93. The Kier molecular flexibility index (Phi) is 3.49. The van der Waals surface area contributed by atoms with E-state index in [4.69, 9.17) is 5.73 Å². The van der Waals surface area contributed by atoms with Gasteiger partial charge in [0.2, 0.25) is 0 Å². The summed E-state index contributed by atoms with van der Waals surface area (Å²) in [6, 6.07) is 1.06. The van der Waals surface area contributed by atoms with Gasteiger partial charge in [-0.1, -0.05) is 12.8 Å². The fourth-order valence-electron chi connectivity index (χ4n) is 2.51. The molecule has 16 heavy (non-hydrogen) atoms. The molecule has 1 aromatic rings. The summed E-state index contributed by atoms with van der Waals surface area (Å²) in [7, 11) is 0. The van der Waals surface area contributed by atoms with Crippen molar-refractivity contribution in [2.45, 2.75) is 58.2 Å². The molecule has 0 unspecified atom stereocenters. The maximum absolute atomic E-state index is 5.90. The molecule has 0 atom stereocenters. The number of nitrogen functional groups attached to an aromatic ring is 1. The molecule has 0 saturated heterocycles. The molecule has 0 radical (unpaired) electrons. The van der Waals surface area contributed by atoms with E-state index >= 15 is 0 Å². The van der Waals surface area contributed by atoms with Crippen LogP contribution in [0.3, 0.4) is 0 Å². The SMILES string of the molecule is CC(C)n1c(N)cnc1CNC1CCCC1. The van der Waals surface area contributed by atoms with Crippen molar-refractivity contribution in [3.63, 3.8) is 0 Å². The van der Waals surface area contributed by atoms with E-state index in [0.29, 0.717) is 12.1 Å². The number of imidazole rings is 1. The monoisotopic (exact) mass is 222 g/mol. The summed E-state index contributed by atoms with van der Waals surface area (Å²) < 4.78 is 2.10. The van der Waals surface area contributed by atoms with Crippen molar-refractivity contribution < 1.29 is 0 Å². The number of rotatable bonds is 4. The summed E-state index contributed by atoms with van der Waals surface area (Å²) in [4.78, 5) is 4.37. The zero-order valence-corrected chi connectivity index (χ0v) is 10.2. The van der Waals surface area contributed by atoms with Crippen molar-refractivity contribution in [3.8, 4) is 0 Å². The maximum atomic E-state index is 5.90. The van der Waals surface area contributed by atoms with Gasteiger partial charge in [0, 0.05) is 12.1 Å². The van der Waals surface area contributed by atoms with Crippen molar-refractivity contribution in [1.29, 1.82) is 0 Å². The Hall–Kier alpha value is -1.03. The Morgan fingerprint density at radius 1 is 1.50 bits per heavy atom. The molecule has 0 bridgehead atoms. The number of aromatic nitrogens is 2. The lowest BCUT2D eigenvalue weighted by atomic mass is 10.2. The Balaban J connectivity index is 1.97. The van der Waals surface area contributed by atoms with Gasteiger partial charge in [-0.15, -0.1) is 0 Å². The molecule has 1 fully saturated rings. The van der Waals surface area contributed by atoms with E-state index in [2.05, 4.69) is 28.7 Å². The van der Waals surface area contributed by atoms with E-state index in [-0.39, 0.29) is 0 Å². The summed E-state index contributed by atoms with van der Waals surface area (Å²) >= 11 is 0. The van der Waals surface area contributed by atoms with E-state index in [9.17, 15) is 0 Å². The van der Waals surface area contributed by atoms with Crippen LogP contribution in [0.15, 0.2) is 6.20 Å². The van der Waals surface area contributed by atoms with E-state index in [1.165, 1.54) is 25.7 Å². The van der Waals surface area contributed by atoms with Gasteiger partial charge in [0.1, 0.15) is 11.6 Å². The first-order chi connectivity index (χ1) is 7.68. The van der Waals surface area contributed by atoms with Crippen molar-refractivity contribution in [1.82, 2.24) is 14.9 Å².